The minimum absolute atomic E-state index is 0.559. The van der Waals surface area contributed by atoms with Crippen LogP contribution in [0.1, 0.15) is 25.0 Å². The van der Waals surface area contributed by atoms with Crippen LogP contribution >= 0.6 is 11.6 Å². The van der Waals surface area contributed by atoms with Gasteiger partial charge in [-0.05, 0) is 38.9 Å². The van der Waals surface area contributed by atoms with E-state index in [-0.39, 0.29) is 0 Å². The number of hydrogen-bond acceptors (Lipinski definition) is 2. The van der Waals surface area contributed by atoms with E-state index in [9.17, 15) is 0 Å². The zero-order chi connectivity index (χ0) is 10.5. The predicted molar refractivity (Wildman–Crippen MR) is 62.1 cm³/mol. The fourth-order valence-electron chi connectivity index (χ4n) is 2.13. The number of alkyl halides is 1. The highest BCUT2D eigenvalue weighted by Crippen LogP contribution is 2.09. The van der Waals surface area contributed by atoms with Gasteiger partial charge in [0.2, 0.25) is 0 Å². The topological polar surface area (TPSA) is 21.1 Å². The molecule has 2 rings (SSSR count). The van der Waals surface area contributed by atoms with Gasteiger partial charge in [-0.15, -0.1) is 11.6 Å². The first-order chi connectivity index (χ1) is 7.40. The molecular formula is C11H18ClN3. The van der Waals surface area contributed by atoms with Crippen LogP contribution in [0.5, 0.6) is 0 Å². The molecule has 1 aromatic rings. The first-order valence-corrected chi connectivity index (χ1v) is 6.21. The van der Waals surface area contributed by atoms with Crippen LogP contribution in [0.15, 0.2) is 12.5 Å². The fourth-order valence-corrected chi connectivity index (χ4v) is 2.35. The summed E-state index contributed by atoms with van der Waals surface area (Å²) in [4.78, 5) is 6.65. The van der Waals surface area contributed by atoms with Gasteiger partial charge in [0.15, 0.2) is 0 Å². The molecule has 84 valence electrons. The largest absolute Gasteiger partial charge is 0.333 e. The lowest BCUT2D eigenvalue weighted by Gasteiger charge is -2.14. The Bertz CT molecular complexity index is 292. The number of halogens is 1. The first-order valence-electron chi connectivity index (χ1n) is 5.67. The summed E-state index contributed by atoms with van der Waals surface area (Å²) in [5, 5.41) is 0. The third kappa shape index (κ3) is 2.95. The first kappa shape index (κ1) is 11.0. The average Bonchev–Trinajstić information content (AvgIpc) is 2.88. The van der Waals surface area contributed by atoms with E-state index in [1.807, 2.05) is 12.5 Å². The van der Waals surface area contributed by atoms with Gasteiger partial charge in [0.25, 0.3) is 0 Å². The molecule has 0 saturated carbocycles. The lowest BCUT2D eigenvalue weighted by molar-refractivity contribution is 0.325. The van der Waals surface area contributed by atoms with E-state index in [1.165, 1.54) is 38.9 Å². The molecule has 15 heavy (non-hydrogen) atoms. The Kier molecular flexibility index (Phi) is 4.03. The number of hydrogen-bond donors (Lipinski definition) is 0. The Balaban J connectivity index is 1.73. The van der Waals surface area contributed by atoms with Gasteiger partial charge in [-0.1, -0.05) is 0 Å². The monoisotopic (exact) mass is 227 g/mol. The van der Waals surface area contributed by atoms with Crippen molar-refractivity contribution in [3.8, 4) is 0 Å². The van der Waals surface area contributed by atoms with E-state index in [0.717, 1.165) is 12.2 Å². The quantitative estimate of drug-likeness (QED) is 0.719. The highest BCUT2D eigenvalue weighted by atomic mass is 35.5. The molecule has 1 fully saturated rings. The van der Waals surface area contributed by atoms with Crippen LogP contribution in [0.2, 0.25) is 0 Å². The van der Waals surface area contributed by atoms with Crippen molar-refractivity contribution in [2.24, 2.45) is 0 Å². The Hall–Kier alpha value is -0.540. The molecule has 1 aliphatic heterocycles. The van der Waals surface area contributed by atoms with Gasteiger partial charge in [-0.25, -0.2) is 4.98 Å². The summed E-state index contributed by atoms with van der Waals surface area (Å²) in [5.74, 6) is 0.559. The Morgan fingerprint density at radius 1 is 1.27 bits per heavy atom. The summed E-state index contributed by atoms with van der Waals surface area (Å²) >= 11 is 5.81. The molecule has 0 aliphatic carbocycles. The highest BCUT2D eigenvalue weighted by molar-refractivity contribution is 6.16. The van der Waals surface area contributed by atoms with E-state index in [4.69, 9.17) is 11.6 Å². The van der Waals surface area contributed by atoms with Crippen molar-refractivity contribution in [3.05, 3.63) is 18.2 Å². The maximum absolute atomic E-state index is 5.81. The summed E-state index contributed by atoms with van der Waals surface area (Å²) < 4.78 is 2.16. The summed E-state index contributed by atoms with van der Waals surface area (Å²) in [7, 11) is 0. The van der Waals surface area contributed by atoms with Crippen molar-refractivity contribution in [2.75, 3.05) is 19.6 Å². The van der Waals surface area contributed by atoms with Crippen molar-refractivity contribution in [1.29, 1.82) is 0 Å². The Labute approximate surface area is 96.0 Å². The number of imidazole rings is 1. The third-order valence-electron chi connectivity index (χ3n) is 3.01. The molecule has 0 radical (unpaired) electrons. The van der Waals surface area contributed by atoms with E-state index in [2.05, 4.69) is 14.5 Å². The minimum atomic E-state index is 0.559. The molecule has 3 nitrogen and oxygen atoms in total. The Morgan fingerprint density at radius 2 is 2.07 bits per heavy atom. The van der Waals surface area contributed by atoms with Crippen molar-refractivity contribution in [1.82, 2.24) is 14.5 Å². The number of nitrogens with zero attached hydrogens (tertiary/aromatic N) is 3. The van der Waals surface area contributed by atoms with Crippen LogP contribution in [0.3, 0.4) is 0 Å². The van der Waals surface area contributed by atoms with E-state index >= 15 is 0 Å². The number of rotatable bonds is 5. The normalized spacial score (nSPS) is 17.4. The maximum Gasteiger partial charge on any atom is 0.0948 e. The van der Waals surface area contributed by atoms with Gasteiger partial charge in [0.05, 0.1) is 17.9 Å². The summed E-state index contributed by atoms with van der Waals surface area (Å²) in [6, 6.07) is 0. The smallest absolute Gasteiger partial charge is 0.0948 e. The molecule has 0 amide bonds. The average molecular weight is 228 g/mol. The molecule has 0 aromatic carbocycles. The highest BCUT2D eigenvalue weighted by Gasteiger charge is 2.10. The predicted octanol–water partition coefficient (Wildman–Crippen LogP) is 2.11. The molecule has 0 N–H and O–H groups in total. The molecule has 0 atom stereocenters. The summed E-state index contributed by atoms with van der Waals surface area (Å²) in [6.45, 7) is 4.82. The number of aromatic nitrogens is 2. The van der Waals surface area contributed by atoms with Crippen LogP contribution in [-0.2, 0) is 12.4 Å². The molecule has 1 aliphatic rings. The van der Waals surface area contributed by atoms with Gasteiger partial charge in [-0.3, -0.25) is 0 Å². The zero-order valence-electron chi connectivity index (χ0n) is 9.03. The van der Waals surface area contributed by atoms with Crippen LogP contribution in [0, 0.1) is 0 Å². The van der Waals surface area contributed by atoms with Crippen LogP contribution in [0.4, 0.5) is 0 Å². The van der Waals surface area contributed by atoms with Crippen molar-refractivity contribution < 1.29 is 0 Å². The lowest BCUT2D eigenvalue weighted by Crippen LogP contribution is -2.21. The van der Waals surface area contributed by atoms with Gasteiger partial charge in [0.1, 0.15) is 0 Å². The third-order valence-corrected chi connectivity index (χ3v) is 3.28. The van der Waals surface area contributed by atoms with E-state index < -0.39 is 0 Å². The SMILES string of the molecule is ClCc1cncn1CCCN1CCCC1. The summed E-state index contributed by atoms with van der Waals surface area (Å²) in [5.41, 5.74) is 1.12. The van der Waals surface area contributed by atoms with Gasteiger partial charge in [-0.2, -0.15) is 0 Å². The minimum Gasteiger partial charge on any atom is -0.333 e. The number of likely N-dealkylation sites (tertiary alicyclic amines) is 1. The molecule has 4 heteroatoms. The second-order valence-electron chi connectivity index (χ2n) is 4.11. The van der Waals surface area contributed by atoms with Gasteiger partial charge >= 0.3 is 0 Å². The van der Waals surface area contributed by atoms with Crippen LogP contribution in [-0.4, -0.2) is 34.1 Å². The molecule has 1 aromatic heterocycles. The van der Waals surface area contributed by atoms with Crippen molar-refractivity contribution in [3.63, 3.8) is 0 Å². The van der Waals surface area contributed by atoms with Crippen molar-refractivity contribution >= 4 is 11.6 Å². The second-order valence-corrected chi connectivity index (χ2v) is 4.38. The molecule has 0 spiro atoms. The molecule has 0 unspecified atom stereocenters. The van der Waals surface area contributed by atoms with Crippen molar-refractivity contribution in [2.45, 2.75) is 31.7 Å². The van der Waals surface area contributed by atoms with E-state index in [0.29, 0.717) is 5.88 Å². The maximum atomic E-state index is 5.81. The Morgan fingerprint density at radius 3 is 2.80 bits per heavy atom. The van der Waals surface area contributed by atoms with Gasteiger partial charge < -0.3 is 9.47 Å². The summed E-state index contributed by atoms with van der Waals surface area (Å²) in [6.07, 6.45) is 7.67. The number of aryl methyl sites for hydroxylation is 1. The molecule has 0 bridgehead atoms. The standard InChI is InChI=1S/C11H18ClN3/c12-8-11-9-13-10-15(11)7-3-6-14-4-1-2-5-14/h9-10H,1-8H2. The fraction of sp³-hybridized carbons (Fsp3) is 0.727. The van der Waals surface area contributed by atoms with E-state index in [1.54, 1.807) is 0 Å². The molecule has 2 heterocycles. The zero-order valence-corrected chi connectivity index (χ0v) is 9.79. The molecular weight excluding hydrogens is 210 g/mol. The van der Waals surface area contributed by atoms with Crippen LogP contribution in [0.25, 0.3) is 0 Å². The second kappa shape index (κ2) is 5.52. The van der Waals surface area contributed by atoms with Gasteiger partial charge in [0, 0.05) is 12.7 Å². The molecule has 1 saturated heterocycles. The lowest BCUT2D eigenvalue weighted by atomic mass is 10.3. The van der Waals surface area contributed by atoms with Crippen LogP contribution < -0.4 is 0 Å².